The lowest BCUT2D eigenvalue weighted by Crippen LogP contribution is -2.39. The molecule has 0 saturated carbocycles. The molecule has 6 nitrogen and oxygen atoms in total. The van der Waals surface area contributed by atoms with E-state index in [0.717, 1.165) is 16.2 Å². The highest BCUT2D eigenvalue weighted by molar-refractivity contribution is 7.11. The largest absolute Gasteiger partial charge is 0.497 e. The van der Waals surface area contributed by atoms with Crippen LogP contribution in [0.5, 0.6) is 5.75 Å². The number of benzene rings is 1. The summed E-state index contributed by atoms with van der Waals surface area (Å²) in [4.78, 5) is 24.4. The van der Waals surface area contributed by atoms with Crippen LogP contribution in [-0.2, 0) is 9.59 Å². The van der Waals surface area contributed by atoms with Gasteiger partial charge in [0.25, 0.3) is 0 Å². The Morgan fingerprint density at radius 1 is 1.22 bits per heavy atom. The Bertz CT molecular complexity index is 681. The van der Waals surface area contributed by atoms with Crippen molar-refractivity contribution in [1.82, 2.24) is 10.7 Å². The first-order valence-electron chi connectivity index (χ1n) is 6.91. The number of hydrogen-bond donors (Lipinski definition) is 2. The second-order valence-electron chi connectivity index (χ2n) is 4.68. The first-order chi connectivity index (χ1) is 11.1. The van der Waals surface area contributed by atoms with E-state index in [0.29, 0.717) is 0 Å². The normalized spacial score (nSPS) is 11.9. The standard InChI is InChI=1S/C16H17N3O3S/c1-11(12-5-7-13(22-2)8-6-12)18-15(20)16(21)19-17-10-14-4-3-9-23-14/h3-11H,1-2H3,(H,18,20)(H,19,21)/b17-10-/t11-/m1/s1. The summed E-state index contributed by atoms with van der Waals surface area (Å²) in [5.41, 5.74) is 3.07. The molecule has 2 rings (SSSR count). The van der Waals surface area contributed by atoms with Gasteiger partial charge in [-0.1, -0.05) is 18.2 Å². The Balaban J connectivity index is 1.85. The third-order valence-corrected chi connectivity index (χ3v) is 3.88. The molecule has 0 radical (unpaired) electrons. The van der Waals surface area contributed by atoms with Crippen molar-refractivity contribution in [3.05, 3.63) is 52.2 Å². The molecule has 2 aromatic rings. The van der Waals surface area contributed by atoms with E-state index in [-0.39, 0.29) is 6.04 Å². The maximum absolute atomic E-state index is 11.8. The molecular formula is C16H17N3O3S. The van der Waals surface area contributed by atoms with Crippen molar-refractivity contribution >= 4 is 29.4 Å². The van der Waals surface area contributed by atoms with Gasteiger partial charge in [0.1, 0.15) is 5.75 Å². The summed E-state index contributed by atoms with van der Waals surface area (Å²) in [5.74, 6) is -0.817. The highest BCUT2D eigenvalue weighted by atomic mass is 32.1. The lowest BCUT2D eigenvalue weighted by Gasteiger charge is -2.13. The molecule has 23 heavy (non-hydrogen) atoms. The SMILES string of the molecule is COc1ccc([C@@H](C)NC(=O)C(=O)N/N=C\c2cccs2)cc1. The average molecular weight is 331 g/mol. The monoisotopic (exact) mass is 331 g/mol. The van der Waals surface area contributed by atoms with Crippen LogP contribution in [0, 0.1) is 0 Å². The molecule has 0 unspecified atom stereocenters. The van der Waals surface area contributed by atoms with E-state index in [9.17, 15) is 9.59 Å². The number of hydrogen-bond acceptors (Lipinski definition) is 5. The van der Waals surface area contributed by atoms with E-state index in [2.05, 4.69) is 15.8 Å². The van der Waals surface area contributed by atoms with Crippen LogP contribution in [0.3, 0.4) is 0 Å². The van der Waals surface area contributed by atoms with Gasteiger partial charge >= 0.3 is 11.8 Å². The van der Waals surface area contributed by atoms with E-state index in [4.69, 9.17) is 4.74 Å². The zero-order chi connectivity index (χ0) is 16.7. The summed E-state index contributed by atoms with van der Waals surface area (Å²) >= 11 is 1.48. The molecule has 2 N–H and O–H groups in total. The lowest BCUT2D eigenvalue weighted by atomic mass is 10.1. The third kappa shape index (κ3) is 4.93. The Hall–Kier alpha value is -2.67. The highest BCUT2D eigenvalue weighted by Gasteiger charge is 2.16. The predicted molar refractivity (Wildman–Crippen MR) is 89.6 cm³/mol. The van der Waals surface area contributed by atoms with Gasteiger partial charge in [0.2, 0.25) is 0 Å². The van der Waals surface area contributed by atoms with Crippen LogP contribution in [0.1, 0.15) is 23.4 Å². The smallest absolute Gasteiger partial charge is 0.329 e. The minimum atomic E-state index is -0.807. The molecule has 7 heteroatoms. The number of rotatable bonds is 5. The molecule has 0 aliphatic carbocycles. The third-order valence-electron chi connectivity index (χ3n) is 3.07. The van der Waals surface area contributed by atoms with Gasteiger partial charge < -0.3 is 10.1 Å². The van der Waals surface area contributed by atoms with E-state index >= 15 is 0 Å². The van der Waals surface area contributed by atoms with Gasteiger partial charge in [0.05, 0.1) is 19.4 Å². The zero-order valence-corrected chi connectivity index (χ0v) is 13.6. The molecule has 0 spiro atoms. The first kappa shape index (κ1) is 16.7. The summed E-state index contributed by atoms with van der Waals surface area (Å²) in [6.07, 6.45) is 1.49. The second kappa shape index (κ2) is 8.09. The molecular weight excluding hydrogens is 314 g/mol. The fourth-order valence-corrected chi connectivity index (χ4v) is 2.39. The van der Waals surface area contributed by atoms with E-state index in [1.807, 2.05) is 29.6 Å². The van der Waals surface area contributed by atoms with Gasteiger partial charge in [0, 0.05) is 4.88 Å². The molecule has 1 aromatic heterocycles. The van der Waals surface area contributed by atoms with E-state index in [1.54, 1.807) is 26.2 Å². The summed E-state index contributed by atoms with van der Waals surface area (Å²) in [5, 5.41) is 8.26. The number of amides is 2. The first-order valence-corrected chi connectivity index (χ1v) is 7.79. The number of hydrazone groups is 1. The Morgan fingerprint density at radius 2 is 1.96 bits per heavy atom. The quantitative estimate of drug-likeness (QED) is 0.500. The molecule has 0 aliphatic heterocycles. The highest BCUT2D eigenvalue weighted by Crippen LogP contribution is 2.17. The second-order valence-corrected chi connectivity index (χ2v) is 5.66. The number of carbonyl (C=O) groups is 2. The van der Waals surface area contributed by atoms with Crippen molar-refractivity contribution in [3.63, 3.8) is 0 Å². The van der Waals surface area contributed by atoms with Gasteiger partial charge in [-0.25, -0.2) is 5.43 Å². The molecule has 0 aliphatic rings. The minimum Gasteiger partial charge on any atom is -0.497 e. The van der Waals surface area contributed by atoms with Crippen molar-refractivity contribution < 1.29 is 14.3 Å². The Labute approximate surface area is 138 Å². The van der Waals surface area contributed by atoms with Crippen molar-refractivity contribution in [2.75, 3.05) is 7.11 Å². The molecule has 1 heterocycles. The fraction of sp³-hybridized carbons (Fsp3) is 0.188. The van der Waals surface area contributed by atoms with Gasteiger partial charge in [-0.05, 0) is 36.1 Å². The van der Waals surface area contributed by atoms with Crippen molar-refractivity contribution in [1.29, 1.82) is 0 Å². The van der Waals surface area contributed by atoms with E-state index < -0.39 is 11.8 Å². The Morgan fingerprint density at radius 3 is 2.57 bits per heavy atom. The number of ether oxygens (including phenoxy) is 1. The van der Waals surface area contributed by atoms with Gasteiger partial charge in [0.15, 0.2) is 0 Å². The van der Waals surface area contributed by atoms with Crippen LogP contribution in [0.25, 0.3) is 0 Å². The van der Waals surface area contributed by atoms with Crippen LogP contribution in [0.15, 0.2) is 46.9 Å². The lowest BCUT2D eigenvalue weighted by molar-refractivity contribution is -0.139. The number of thiophene rings is 1. The maximum atomic E-state index is 11.8. The fourth-order valence-electron chi connectivity index (χ4n) is 1.81. The van der Waals surface area contributed by atoms with Crippen LogP contribution < -0.4 is 15.5 Å². The van der Waals surface area contributed by atoms with Crippen LogP contribution in [0.4, 0.5) is 0 Å². The molecule has 0 fully saturated rings. The number of carbonyl (C=O) groups excluding carboxylic acids is 2. The van der Waals surface area contributed by atoms with Crippen LogP contribution >= 0.6 is 11.3 Å². The number of methoxy groups -OCH3 is 1. The van der Waals surface area contributed by atoms with Gasteiger partial charge in [-0.3, -0.25) is 9.59 Å². The molecule has 0 saturated heterocycles. The molecule has 1 atom stereocenters. The van der Waals surface area contributed by atoms with Crippen molar-refractivity contribution in [2.24, 2.45) is 5.10 Å². The van der Waals surface area contributed by atoms with Gasteiger partial charge in [-0.2, -0.15) is 5.10 Å². The molecule has 120 valence electrons. The topological polar surface area (TPSA) is 79.8 Å². The maximum Gasteiger partial charge on any atom is 0.329 e. The average Bonchev–Trinajstić information content (AvgIpc) is 3.08. The molecule has 0 bridgehead atoms. The van der Waals surface area contributed by atoms with Crippen molar-refractivity contribution in [2.45, 2.75) is 13.0 Å². The predicted octanol–water partition coefficient (Wildman–Crippen LogP) is 2.08. The van der Waals surface area contributed by atoms with Crippen LogP contribution in [0.2, 0.25) is 0 Å². The Kier molecular flexibility index (Phi) is 5.87. The number of nitrogens with zero attached hydrogens (tertiary/aromatic N) is 1. The van der Waals surface area contributed by atoms with Crippen molar-refractivity contribution in [3.8, 4) is 5.75 Å². The number of nitrogens with one attached hydrogen (secondary N) is 2. The summed E-state index contributed by atoms with van der Waals surface area (Å²) in [6.45, 7) is 1.79. The minimum absolute atomic E-state index is 0.305. The van der Waals surface area contributed by atoms with E-state index in [1.165, 1.54) is 17.6 Å². The molecule has 2 amide bonds. The van der Waals surface area contributed by atoms with Gasteiger partial charge in [-0.15, -0.1) is 11.3 Å². The summed E-state index contributed by atoms with van der Waals surface area (Å²) in [6, 6.07) is 10.7. The summed E-state index contributed by atoms with van der Waals surface area (Å²) < 4.78 is 5.08. The van der Waals surface area contributed by atoms with Crippen LogP contribution in [-0.4, -0.2) is 25.1 Å². The zero-order valence-electron chi connectivity index (χ0n) is 12.8. The molecule has 1 aromatic carbocycles. The summed E-state index contributed by atoms with van der Waals surface area (Å²) in [7, 11) is 1.58.